The standard InChI is InChI=1S/C22H22F3N3O2/c1-14-18(20(29)30-3)19(16-9-11-17(12-10-16)22(23,24)25)27-21(28(14)2)26-13-15-7-5-4-6-8-15/h4-12,19H,13H2,1-3H3,(H,26,27). The zero-order chi connectivity index (χ0) is 21.9. The smallest absolute Gasteiger partial charge is 0.416 e. The quantitative estimate of drug-likeness (QED) is 0.755. The summed E-state index contributed by atoms with van der Waals surface area (Å²) in [7, 11) is 3.03. The predicted molar refractivity (Wildman–Crippen MR) is 107 cm³/mol. The Morgan fingerprint density at radius 3 is 2.33 bits per heavy atom. The summed E-state index contributed by atoms with van der Waals surface area (Å²) in [4.78, 5) is 18.8. The number of nitrogens with zero attached hydrogens (tertiary/aromatic N) is 2. The van der Waals surface area contributed by atoms with E-state index in [1.807, 2.05) is 30.3 Å². The average molecular weight is 417 g/mol. The Morgan fingerprint density at radius 1 is 1.13 bits per heavy atom. The van der Waals surface area contributed by atoms with Crippen LogP contribution in [0.5, 0.6) is 0 Å². The molecule has 0 radical (unpaired) electrons. The van der Waals surface area contributed by atoms with E-state index in [-0.39, 0.29) is 0 Å². The summed E-state index contributed by atoms with van der Waals surface area (Å²) < 4.78 is 43.7. The Labute approximate surface area is 172 Å². The lowest BCUT2D eigenvalue weighted by atomic mass is 9.94. The molecule has 1 aliphatic rings. The number of rotatable bonds is 4. The van der Waals surface area contributed by atoms with Crippen LogP contribution in [0.25, 0.3) is 0 Å². The second-order valence-electron chi connectivity index (χ2n) is 6.87. The highest BCUT2D eigenvalue weighted by Crippen LogP contribution is 2.34. The van der Waals surface area contributed by atoms with Gasteiger partial charge in [0, 0.05) is 12.7 Å². The number of carbonyl (C=O) groups excluding carboxylic acids is 1. The second kappa shape index (κ2) is 8.61. The molecule has 0 fully saturated rings. The number of esters is 1. The summed E-state index contributed by atoms with van der Waals surface area (Å²) >= 11 is 0. The molecule has 0 aliphatic carbocycles. The van der Waals surface area contributed by atoms with E-state index in [0.717, 1.165) is 17.7 Å². The summed E-state index contributed by atoms with van der Waals surface area (Å²) in [5.41, 5.74) is 1.68. The average Bonchev–Trinajstić information content (AvgIpc) is 2.74. The fourth-order valence-corrected chi connectivity index (χ4v) is 3.24. The molecule has 1 N–H and O–H groups in total. The van der Waals surface area contributed by atoms with Gasteiger partial charge in [0.05, 0.1) is 30.8 Å². The van der Waals surface area contributed by atoms with E-state index in [4.69, 9.17) is 4.74 Å². The molecular formula is C22H22F3N3O2. The highest BCUT2D eigenvalue weighted by molar-refractivity contribution is 5.96. The first-order valence-corrected chi connectivity index (χ1v) is 9.27. The van der Waals surface area contributed by atoms with E-state index >= 15 is 0 Å². The van der Waals surface area contributed by atoms with Crippen molar-refractivity contribution in [2.45, 2.75) is 25.7 Å². The molecule has 5 nitrogen and oxygen atoms in total. The predicted octanol–water partition coefficient (Wildman–Crippen LogP) is 4.28. The van der Waals surface area contributed by atoms with Crippen LogP contribution < -0.4 is 5.32 Å². The topological polar surface area (TPSA) is 53.9 Å². The number of ether oxygens (including phenoxy) is 1. The van der Waals surface area contributed by atoms with Gasteiger partial charge in [0.2, 0.25) is 0 Å². The molecule has 1 unspecified atom stereocenters. The van der Waals surface area contributed by atoms with E-state index in [0.29, 0.717) is 29.3 Å². The first-order chi connectivity index (χ1) is 14.2. The summed E-state index contributed by atoms with van der Waals surface area (Å²) in [5.74, 6) is -0.0484. The number of benzene rings is 2. The van der Waals surface area contributed by atoms with Gasteiger partial charge in [-0.3, -0.25) is 0 Å². The van der Waals surface area contributed by atoms with E-state index in [1.54, 1.807) is 18.9 Å². The third-order valence-electron chi connectivity index (χ3n) is 5.00. The minimum atomic E-state index is -4.43. The Morgan fingerprint density at radius 2 is 1.77 bits per heavy atom. The van der Waals surface area contributed by atoms with Crippen LogP contribution in [0, 0.1) is 0 Å². The number of guanidine groups is 1. The second-order valence-corrected chi connectivity index (χ2v) is 6.87. The van der Waals surface area contributed by atoms with Gasteiger partial charge in [0.15, 0.2) is 5.96 Å². The summed E-state index contributed by atoms with van der Waals surface area (Å²) in [6.45, 7) is 2.16. The number of aliphatic imine (C=N–C) groups is 1. The number of hydrogen-bond donors (Lipinski definition) is 1. The van der Waals surface area contributed by atoms with Gasteiger partial charge in [-0.2, -0.15) is 13.2 Å². The fourth-order valence-electron chi connectivity index (χ4n) is 3.24. The van der Waals surface area contributed by atoms with Crippen molar-refractivity contribution in [3.05, 3.63) is 82.6 Å². The highest BCUT2D eigenvalue weighted by Gasteiger charge is 2.35. The van der Waals surface area contributed by atoms with Gasteiger partial charge in [-0.25, -0.2) is 9.79 Å². The number of nitrogens with one attached hydrogen (secondary N) is 1. The molecule has 1 atom stereocenters. The van der Waals surface area contributed by atoms with Crippen molar-refractivity contribution in [3.63, 3.8) is 0 Å². The Hall–Kier alpha value is -3.29. The number of halogens is 3. The summed E-state index contributed by atoms with van der Waals surface area (Å²) in [6.07, 6.45) is -4.43. The third kappa shape index (κ3) is 4.48. The maximum atomic E-state index is 12.9. The van der Waals surface area contributed by atoms with Crippen molar-refractivity contribution in [1.29, 1.82) is 0 Å². The lowest BCUT2D eigenvalue weighted by molar-refractivity contribution is -0.138. The zero-order valence-electron chi connectivity index (χ0n) is 16.8. The van der Waals surface area contributed by atoms with Crippen molar-refractivity contribution in [1.82, 2.24) is 10.2 Å². The minimum Gasteiger partial charge on any atom is -0.466 e. The molecule has 3 rings (SSSR count). The molecule has 30 heavy (non-hydrogen) atoms. The molecule has 0 saturated heterocycles. The molecule has 158 valence electrons. The van der Waals surface area contributed by atoms with Gasteiger partial charge >= 0.3 is 12.1 Å². The number of methoxy groups -OCH3 is 1. The van der Waals surface area contributed by atoms with Gasteiger partial charge in [-0.05, 0) is 30.2 Å². The molecule has 0 bridgehead atoms. The van der Waals surface area contributed by atoms with E-state index in [1.165, 1.54) is 19.2 Å². The third-order valence-corrected chi connectivity index (χ3v) is 5.00. The molecule has 0 aromatic heterocycles. The zero-order valence-corrected chi connectivity index (χ0v) is 16.8. The molecule has 0 spiro atoms. The molecule has 8 heteroatoms. The van der Waals surface area contributed by atoms with Gasteiger partial charge < -0.3 is 15.0 Å². The lowest BCUT2D eigenvalue weighted by Gasteiger charge is -2.36. The molecule has 0 amide bonds. The van der Waals surface area contributed by atoms with Gasteiger partial charge in [0.1, 0.15) is 0 Å². The Kier molecular flexibility index (Phi) is 6.14. The van der Waals surface area contributed by atoms with Crippen molar-refractivity contribution in [3.8, 4) is 0 Å². The van der Waals surface area contributed by atoms with Crippen molar-refractivity contribution in [2.24, 2.45) is 4.99 Å². The molecule has 1 heterocycles. The molecule has 1 aliphatic heterocycles. The first-order valence-electron chi connectivity index (χ1n) is 9.27. The van der Waals surface area contributed by atoms with E-state index in [9.17, 15) is 18.0 Å². The number of carbonyl (C=O) groups is 1. The van der Waals surface area contributed by atoms with Crippen LogP contribution in [0.1, 0.15) is 29.7 Å². The van der Waals surface area contributed by atoms with Crippen LogP contribution in [0.2, 0.25) is 0 Å². The van der Waals surface area contributed by atoms with Crippen molar-refractivity contribution in [2.75, 3.05) is 14.2 Å². The maximum Gasteiger partial charge on any atom is 0.416 e. The number of alkyl halides is 3. The lowest BCUT2D eigenvalue weighted by Crippen LogP contribution is -2.47. The number of allylic oxidation sites excluding steroid dienone is 1. The van der Waals surface area contributed by atoms with Gasteiger partial charge in [-0.1, -0.05) is 42.5 Å². The monoisotopic (exact) mass is 417 g/mol. The van der Waals surface area contributed by atoms with E-state index in [2.05, 4.69) is 10.3 Å². The van der Waals surface area contributed by atoms with Crippen LogP contribution >= 0.6 is 0 Å². The first kappa shape index (κ1) is 21.4. The summed E-state index contributed by atoms with van der Waals surface area (Å²) in [5, 5.41) is 3.18. The summed E-state index contributed by atoms with van der Waals surface area (Å²) in [6, 6.07) is 13.7. The van der Waals surface area contributed by atoms with Crippen LogP contribution in [0.3, 0.4) is 0 Å². The van der Waals surface area contributed by atoms with Crippen LogP contribution in [0.15, 0.2) is 70.9 Å². The largest absolute Gasteiger partial charge is 0.466 e. The van der Waals surface area contributed by atoms with Gasteiger partial charge in [0.25, 0.3) is 0 Å². The highest BCUT2D eigenvalue weighted by atomic mass is 19.4. The molecule has 0 saturated carbocycles. The van der Waals surface area contributed by atoms with Crippen LogP contribution in [-0.2, 0) is 22.3 Å². The maximum absolute atomic E-state index is 12.9. The van der Waals surface area contributed by atoms with Crippen molar-refractivity contribution < 1.29 is 22.7 Å². The Bertz CT molecular complexity index is 967. The Balaban J connectivity index is 1.99. The molecule has 2 aromatic carbocycles. The van der Waals surface area contributed by atoms with Gasteiger partial charge in [-0.15, -0.1) is 0 Å². The van der Waals surface area contributed by atoms with Crippen molar-refractivity contribution >= 4 is 11.9 Å². The van der Waals surface area contributed by atoms with E-state index < -0.39 is 23.8 Å². The van der Waals surface area contributed by atoms with Crippen LogP contribution in [0.4, 0.5) is 13.2 Å². The normalized spacial score (nSPS) is 18.4. The molecular weight excluding hydrogens is 395 g/mol. The minimum absolute atomic E-state index is 0.318. The van der Waals surface area contributed by atoms with Crippen LogP contribution in [-0.4, -0.2) is 31.0 Å². The SMILES string of the molecule is COC(=O)C1=C(C)N(C)C(=NCc2ccccc2)NC1c1ccc(C(F)(F)F)cc1. The molecule has 2 aromatic rings. The number of hydrogen-bond acceptors (Lipinski definition) is 3. The fraction of sp³-hybridized carbons (Fsp3) is 0.273.